The summed E-state index contributed by atoms with van der Waals surface area (Å²) in [6, 6.07) is 23.0. The number of nitrogens with zero attached hydrogens (tertiary/aromatic N) is 6. The van der Waals surface area contributed by atoms with Crippen LogP contribution in [0.3, 0.4) is 0 Å². The van der Waals surface area contributed by atoms with Gasteiger partial charge in [-0.2, -0.15) is 0 Å². The molecular weight excluding hydrogens is 753 g/mol. The number of piperazine rings is 2. The summed E-state index contributed by atoms with van der Waals surface area (Å²) in [6.07, 6.45) is 10.3. The summed E-state index contributed by atoms with van der Waals surface area (Å²) < 4.78 is 6.02. The van der Waals surface area contributed by atoms with E-state index in [1.54, 1.807) is 0 Å². The molecule has 0 radical (unpaired) electrons. The Bertz CT molecular complexity index is 2270. The third-order valence-corrected chi connectivity index (χ3v) is 12.4. The van der Waals surface area contributed by atoms with Crippen LogP contribution in [0.15, 0.2) is 102 Å². The number of anilines is 5. The normalized spacial score (nSPS) is 22.3. The molecule has 5 heterocycles. The fourth-order valence-electron chi connectivity index (χ4n) is 8.96. The summed E-state index contributed by atoms with van der Waals surface area (Å²) >= 11 is 0. The largest absolute Gasteiger partial charge is 0.494 e. The Hall–Kier alpha value is -5.92. The topological polar surface area (TPSA) is 130 Å². The number of hydrogen-bond donors (Lipinski definition) is 4. The first-order valence-corrected chi connectivity index (χ1v) is 21.7. The van der Waals surface area contributed by atoms with Crippen molar-refractivity contribution in [2.75, 3.05) is 99.0 Å². The Kier molecular flexibility index (Phi) is 12.0. The second-order valence-corrected chi connectivity index (χ2v) is 16.4. The van der Waals surface area contributed by atoms with Crippen molar-refractivity contribution in [2.45, 2.75) is 45.1 Å². The molecule has 13 heteroatoms. The van der Waals surface area contributed by atoms with Crippen LogP contribution < -0.4 is 31.1 Å². The number of carbonyl (C=O) groups excluding carboxylic acids is 2. The number of nitrogens with one attached hydrogen (secondary N) is 4. The predicted molar refractivity (Wildman–Crippen MR) is 239 cm³/mol. The molecule has 3 fully saturated rings. The molecule has 312 valence electrons. The molecule has 1 unspecified atom stereocenters. The van der Waals surface area contributed by atoms with Crippen LogP contribution in [0.25, 0.3) is 16.5 Å². The number of allylic oxidation sites excluding steroid dienone is 5. The molecule has 4 aromatic rings. The minimum Gasteiger partial charge on any atom is -0.494 e. The third-order valence-electron chi connectivity index (χ3n) is 12.4. The van der Waals surface area contributed by atoms with Crippen molar-refractivity contribution in [3.05, 3.63) is 108 Å². The van der Waals surface area contributed by atoms with Gasteiger partial charge in [0.2, 0.25) is 17.8 Å². The van der Waals surface area contributed by atoms with Gasteiger partial charge in [0.25, 0.3) is 0 Å². The zero-order chi connectivity index (χ0) is 40.8. The van der Waals surface area contributed by atoms with Gasteiger partial charge in [0.15, 0.2) is 0 Å². The fourth-order valence-corrected chi connectivity index (χ4v) is 8.96. The van der Waals surface area contributed by atoms with Gasteiger partial charge < -0.3 is 30.5 Å². The highest BCUT2D eigenvalue weighted by atomic mass is 16.5. The standard InChI is InChI=1S/C47H56N10O3/c1-33-40(5-2-3-6-43-45(33)48-19-30-60-43)34-7-8-35-32-49-47(52-42(35)31-34)51-37-11-15-39(16-12-37)57-28-24-55(25-29-57)21-4-20-54-22-26-56(27-23-54)38-13-9-36(10-14-38)50-41-17-18-44(58)53-46(41)59/h2,5,7-16,31-32,41,48,50H,3-4,6,17-30H2,1H3,(H,49,51,52)(H,53,58,59)/b5-2+,40-33+. The van der Waals surface area contributed by atoms with Gasteiger partial charge in [-0.25, -0.2) is 9.97 Å². The van der Waals surface area contributed by atoms with E-state index in [4.69, 9.17) is 9.72 Å². The van der Waals surface area contributed by atoms with E-state index in [0.29, 0.717) is 25.4 Å². The molecule has 5 aliphatic rings. The zero-order valence-electron chi connectivity index (χ0n) is 34.6. The summed E-state index contributed by atoms with van der Waals surface area (Å²) in [5.74, 6) is 1.20. The molecule has 0 bridgehead atoms. The van der Waals surface area contributed by atoms with Crippen molar-refractivity contribution < 1.29 is 14.3 Å². The number of amides is 2. The lowest BCUT2D eigenvalue weighted by atomic mass is 9.94. The molecule has 1 atom stereocenters. The van der Waals surface area contributed by atoms with Gasteiger partial charge in [0.1, 0.15) is 18.4 Å². The van der Waals surface area contributed by atoms with Crippen LogP contribution in [0, 0.1) is 0 Å². The molecule has 1 aromatic heterocycles. The first-order valence-electron chi connectivity index (χ1n) is 21.7. The molecule has 60 heavy (non-hydrogen) atoms. The molecule has 9 rings (SSSR count). The zero-order valence-corrected chi connectivity index (χ0v) is 34.6. The highest BCUT2D eigenvalue weighted by Gasteiger charge is 2.27. The second-order valence-electron chi connectivity index (χ2n) is 16.4. The van der Waals surface area contributed by atoms with Gasteiger partial charge >= 0.3 is 0 Å². The van der Waals surface area contributed by atoms with Crippen molar-refractivity contribution in [1.29, 1.82) is 0 Å². The lowest BCUT2D eigenvalue weighted by Crippen LogP contribution is -2.48. The van der Waals surface area contributed by atoms with Crippen molar-refractivity contribution in [3.8, 4) is 0 Å². The van der Waals surface area contributed by atoms with E-state index < -0.39 is 0 Å². The van der Waals surface area contributed by atoms with Crippen molar-refractivity contribution >= 4 is 57.0 Å². The maximum atomic E-state index is 12.1. The maximum absolute atomic E-state index is 12.1. The van der Waals surface area contributed by atoms with Crippen LogP contribution in [-0.2, 0) is 14.3 Å². The monoisotopic (exact) mass is 808 g/mol. The van der Waals surface area contributed by atoms with Crippen molar-refractivity contribution in [2.24, 2.45) is 0 Å². The van der Waals surface area contributed by atoms with Crippen LogP contribution >= 0.6 is 0 Å². The summed E-state index contributed by atoms with van der Waals surface area (Å²) in [7, 11) is 0. The van der Waals surface area contributed by atoms with E-state index in [1.807, 2.05) is 18.3 Å². The average molecular weight is 809 g/mol. The summed E-state index contributed by atoms with van der Waals surface area (Å²) in [5, 5.41) is 13.7. The van der Waals surface area contributed by atoms with Crippen LogP contribution in [0.5, 0.6) is 0 Å². The lowest BCUT2D eigenvalue weighted by Gasteiger charge is -2.38. The first-order chi connectivity index (χ1) is 29.4. The maximum Gasteiger partial charge on any atom is 0.249 e. The fraction of sp³-hybridized carbons (Fsp3) is 0.404. The van der Waals surface area contributed by atoms with E-state index in [2.05, 4.69) is 120 Å². The quantitative estimate of drug-likeness (QED) is 0.135. The van der Waals surface area contributed by atoms with Crippen molar-refractivity contribution in [3.63, 3.8) is 0 Å². The van der Waals surface area contributed by atoms with Crippen LogP contribution in [0.4, 0.5) is 28.7 Å². The van der Waals surface area contributed by atoms with Gasteiger partial charge in [-0.15, -0.1) is 0 Å². The minimum absolute atomic E-state index is 0.194. The number of piperidine rings is 1. The van der Waals surface area contributed by atoms with Gasteiger partial charge in [-0.1, -0.05) is 24.3 Å². The minimum atomic E-state index is -0.364. The predicted octanol–water partition coefficient (Wildman–Crippen LogP) is 5.88. The summed E-state index contributed by atoms with van der Waals surface area (Å²) in [6.45, 7) is 14.3. The Morgan fingerprint density at radius 1 is 0.817 bits per heavy atom. The highest BCUT2D eigenvalue weighted by Crippen LogP contribution is 2.32. The molecule has 4 aliphatic heterocycles. The number of fused-ring (bicyclic) bond motifs is 1. The molecule has 1 aliphatic carbocycles. The van der Waals surface area contributed by atoms with Crippen LogP contribution in [0.1, 0.15) is 44.6 Å². The van der Waals surface area contributed by atoms with E-state index in [0.717, 1.165) is 124 Å². The molecule has 4 N–H and O–H groups in total. The van der Waals surface area contributed by atoms with Gasteiger partial charge in [-0.3, -0.25) is 24.7 Å². The molecule has 2 amide bonds. The molecule has 0 saturated carbocycles. The number of carbonyl (C=O) groups is 2. The number of rotatable bonds is 11. The summed E-state index contributed by atoms with van der Waals surface area (Å²) in [4.78, 5) is 43.2. The smallest absolute Gasteiger partial charge is 0.249 e. The number of benzene rings is 3. The number of hydrogen-bond acceptors (Lipinski definition) is 12. The molecule has 3 saturated heterocycles. The third kappa shape index (κ3) is 9.27. The number of ether oxygens (including phenoxy) is 1. The van der Waals surface area contributed by atoms with Crippen molar-refractivity contribution in [1.82, 2.24) is 30.4 Å². The van der Waals surface area contributed by atoms with Crippen LogP contribution in [-0.4, -0.2) is 116 Å². The van der Waals surface area contributed by atoms with Gasteiger partial charge in [-0.05, 0) is 111 Å². The second kappa shape index (κ2) is 18.1. The highest BCUT2D eigenvalue weighted by molar-refractivity contribution is 6.01. The Morgan fingerprint density at radius 3 is 2.18 bits per heavy atom. The van der Waals surface area contributed by atoms with Crippen LogP contribution in [0.2, 0.25) is 0 Å². The molecule has 3 aromatic carbocycles. The van der Waals surface area contributed by atoms with Gasteiger partial charge in [0, 0.05) is 106 Å². The molecule has 13 nitrogen and oxygen atoms in total. The van der Waals surface area contributed by atoms with Gasteiger partial charge in [0.05, 0.1) is 11.2 Å². The number of aromatic nitrogens is 2. The average Bonchev–Trinajstić information content (AvgIpc) is 3.27. The summed E-state index contributed by atoms with van der Waals surface area (Å²) in [5.41, 5.74) is 9.86. The van der Waals surface area contributed by atoms with E-state index in [-0.39, 0.29) is 17.9 Å². The van der Waals surface area contributed by atoms with E-state index in [1.165, 1.54) is 28.9 Å². The SMILES string of the molecule is C/C1=C(c2ccc3cnc(Nc4ccc(N5CCN(CCCN6CCN(c7ccc(NC8CCC(=O)NC8=O)cc7)CC6)CC5)cc4)nc3c2)/C=C/CCC2=C1NCCO2. The van der Waals surface area contributed by atoms with E-state index >= 15 is 0 Å². The first kappa shape index (κ1) is 39.5. The lowest BCUT2D eigenvalue weighted by molar-refractivity contribution is -0.133. The Balaban J connectivity index is 0.711. The Labute approximate surface area is 352 Å². The number of imide groups is 1. The molecule has 0 spiro atoms. The Morgan fingerprint density at radius 2 is 1.50 bits per heavy atom. The van der Waals surface area contributed by atoms with E-state index in [9.17, 15) is 9.59 Å². The molecular formula is C47H56N10O3.